The molecule has 6 nitrogen and oxygen atoms in total. The van der Waals surface area contributed by atoms with Crippen molar-refractivity contribution in [2.75, 3.05) is 19.6 Å². The predicted molar refractivity (Wildman–Crippen MR) is 125 cm³/mol. The van der Waals surface area contributed by atoms with Gasteiger partial charge >= 0.3 is 0 Å². The van der Waals surface area contributed by atoms with Crippen LogP contribution in [0.25, 0.3) is 0 Å². The smallest absolute Gasteiger partial charge is 0.243 e. The van der Waals surface area contributed by atoms with E-state index in [2.05, 4.69) is 33.0 Å². The lowest BCUT2D eigenvalue weighted by Crippen LogP contribution is -2.60. The molecule has 0 saturated carbocycles. The number of nitrogens with zero attached hydrogens (tertiary/aromatic N) is 2. The van der Waals surface area contributed by atoms with Crippen LogP contribution in [0.5, 0.6) is 0 Å². The normalized spacial score (nSPS) is 23.1. The lowest BCUT2D eigenvalue weighted by molar-refractivity contribution is -0.134. The van der Waals surface area contributed by atoms with Crippen molar-refractivity contribution >= 4 is 39.1 Å². The molecule has 2 heterocycles. The molecule has 3 rings (SSSR count). The van der Waals surface area contributed by atoms with Crippen molar-refractivity contribution in [3.63, 3.8) is 0 Å². The van der Waals surface area contributed by atoms with Crippen molar-refractivity contribution in [1.29, 1.82) is 0 Å². The first-order valence-electron chi connectivity index (χ1n) is 11.0. The molecular weight excluding hydrogens is 457 g/mol. The van der Waals surface area contributed by atoms with Gasteiger partial charge in [0.2, 0.25) is 15.9 Å². The van der Waals surface area contributed by atoms with Crippen LogP contribution in [0.4, 0.5) is 0 Å². The average Bonchev–Trinajstić information content (AvgIpc) is 2.94. The number of hydrogen-bond donors (Lipinski definition) is 1. The van der Waals surface area contributed by atoms with Crippen molar-refractivity contribution in [3.8, 4) is 0 Å². The molecule has 2 fully saturated rings. The van der Waals surface area contributed by atoms with Crippen LogP contribution in [0, 0.1) is 11.8 Å². The van der Waals surface area contributed by atoms with Crippen LogP contribution in [0.15, 0.2) is 23.1 Å². The molecule has 174 valence electrons. The van der Waals surface area contributed by atoms with Gasteiger partial charge in [-0.15, -0.1) is 0 Å². The molecule has 2 saturated heterocycles. The Bertz CT molecular complexity index is 915. The fourth-order valence-corrected chi connectivity index (χ4v) is 6.33. The molecule has 0 unspecified atom stereocenters. The molecule has 0 bridgehead atoms. The highest BCUT2D eigenvalue weighted by atomic mass is 35.5. The number of piperidine rings is 1. The Hall–Kier alpha value is -0.860. The number of nitrogens with one attached hydrogen (secondary N) is 1. The molecule has 9 heteroatoms. The van der Waals surface area contributed by atoms with Gasteiger partial charge < -0.3 is 4.90 Å². The zero-order valence-corrected chi connectivity index (χ0v) is 21.0. The van der Waals surface area contributed by atoms with Crippen molar-refractivity contribution in [1.82, 2.24) is 14.5 Å². The summed E-state index contributed by atoms with van der Waals surface area (Å²) in [6.45, 7) is 9.89. The standard InChI is InChI=1S/C22H33Cl2N3O3S/c1-5-16(4)14-27-21(28)20(12-15(2)3)25-22(27)8-10-26(11-9-22)31(29,30)17-6-7-18(23)19(24)13-17/h6-7,13,15-16,20,25H,5,8-12,14H2,1-4H3/t16-,20+/m1/s1. The maximum absolute atomic E-state index is 13.2. The maximum atomic E-state index is 13.2. The zero-order valence-electron chi connectivity index (χ0n) is 18.7. The number of benzene rings is 1. The molecule has 1 aromatic rings. The van der Waals surface area contributed by atoms with Crippen LogP contribution in [-0.2, 0) is 14.8 Å². The molecule has 1 aromatic carbocycles. The highest BCUT2D eigenvalue weighted by molar-refractivity contribution is 7.89. The van der Waals surface area contributed by atoms with Gasteiger partial charge in [-0.25, -0.2) is 8.42 Å². The third-order valence-corrected chi connectivity index (χ3v) is 9.13. The lowest BCUT2D eigenvalue weighted by Gasteiger charge is -2.45. The first-order valence-corrected chi connectivity index (χ1v) is 13.2. The summed E-state index contributed by atoms with van der Waals surface area (Å²) < 4.78 is 27.8. The van der Waals surface area contributed by atoms with Gasteiger partial charge in [0.15, 0.2) is 0 Å². The molecule has 1 amide bonds. The van der Waals surface area contributed by atoms with Crippen LogP contribution in [0.2, 0.25) is 10.0 Å². The van der Waals surface area contributed by atoms with Gasteiger partial charge in [-0.2, -0.15) is 4.31 Å². The molecule has 1 N–H and O–H groups in total. The second-order valence-electron chi connectivity index (χ2n) is 9.30. The van der Waals surface area contributed by atoms with E-state index in [9.17, 15) is 13.2 Å². The number of hydrogen-bond acceptors (Lipinski definition) is 4. The summed E-state index contributed by atoms with van der Waals surface area (Å²) in [6.07, 6.45) is 2.89. The molecule has 2 aliphatic heterocycles. The minimum atomic E-state index is -3.68. The van der Waals surface area contributed by atoms with E-state index in [1.807, 2.05) is 4.90 Å². The first kappa shape index (κ1) is 24.8. The number of carbonyl (C=O) groups is 1. The average molecular weight is 490 g/mol. The van der Waals surface area contributed by atoms with Gasteiger partial charge in [0.1, 0.15) is 0 Å². The van der Waals surface area contributed by atoms with Crippen molar-refractivity contribution < 1.29 is 13.2 Å². The third-order valence-electron chi connectivity index (χ3n) is 6.50. The van der Waals surface area contributed by atoms with Crippen LogP contribution < -0.4 is 5.32 Å². The van der Waals surface area contributed by atoms with Gasteiger partial charge in [-0.3, -0.25) is 10.1 Å². The third kappa shape index (κ3) is 5.06. The Morgan fingerprint density at radius 1 is 1.16 bits per heavy atom. The fraction of sp³-hybridized carbons (Fsp3) is 0.682. The largest absolute Gasteiger partial charge is 0.323 e. The number of halogens is 2. The quantitative estimate of drug-likeness (QED) is 0.617. The molecule has 0 radical (unpaired) electrons. The van der Waals surface area contributed by atoms with E-state index in [-0.39, 0.29) is 21.9 Å². The topological polar surface area (TPSA) is 69.7 Å². The second-order valence-corrected chi connectivity index (χ2v) is 12.1. The van der Waals surface area contributed by atoms with E-state index in [0.717, 1.165) is 12.8 Å². The summed E-state index contributed by atoms with van der Waals surface area (Å²) in [5.74, 6) is 0.936. The summed E-state index contributed by atoms with van der Waals surface area (Å²) in [7, 11) is -3.68. The molecule has 0 aromatic heterocycles. The highest BCUT2D eigenvalue weighted by Gasteiger charge is 2.52. The van der Waals surface area contributed by atoms with E-state index in [1.165, 1.54) is 22.5 Å². The van der Waals surface area contributed by atoms with E-state index in [4.69, 9.17) is 23.2 Å². The number of amides is 1. The van der Waals surface area contributed by atoms with Gasteiger partial charge in [0.05, 0.1) is 26.6 Å². The summed E-state index contributed by atoms with van der Waals surface area (Å²) >= 11 is 12.0. The van der Waals surface area contributed by atoms with Crippen LogP contribution in [0.3, 0.4) is 0 Å². The SMILES string of the molecule is CC[C@@H](C)CN1C(=O)[C@H](CC(C)C)NC12CCN(S(=O)(=O)c1ccc(Cl)c(Cl)c1)CC2. The van der Waals surface area contributed by atoms with Crippen LogP contribution in [-0.4, -0.2) is 54.9 Å². The summed E-state index contributed by atoms with van der Waals surface area (Å²) in [4.78, 5) is 15.4. The van der Waals surface area contributed by atoms with Gasteiger partial charge in [0, 0.05) is 19.6 Å². The molecule has 0 aliphatic carbocycles. The first-order chi connectivity index (χ1) is 14.5. The summed E-state index contributed by atoms with van der Waals surface area (Å²) in [5, 5.41) is 4.15. The molecular formula is C22H33Cl2N3O3S. The van der Waals surface area contributed by atoms with Crippen LogP contribution in [0.1, 0.15) is 53.4 Å². The fourth-order valence-electron chi connectivity index (χ4n) is 4.50. The molecule has 31 heavy (non-hydrogen) atoms. The number of sulfonamides is 1. The molecule has 2 aliphatic rings. The van der Waals surface area contributed by atoms with E-state index < -0.39 is 15.7 Å². The summed E-state index contributed by atoms with van der Waals surface area (Å²) in [6, 6.07) is 4.18. The van der Waals surface area contributed by atoms with Crippen molar-refractivity contribution in [2.24, 2.45) is 11.8 Å². The highest BCUT2D eigenvalue weighted by Crippen LogP contribution is 2.37. The van der Waals surface area contributed by atoms with Crippen molar-refractivity contribution in [3.05, 3.63) is 28.2 Å². The van der Waals surface area contributed by atoms with E-state index in [0.29, 0.717) is 49.3 Å². The maximum Gasteiger partial charge on any atom is 0.243 e. The number of rotatable bonds is 7. The minimum Gasteiger partial charge on any atom is -0.323 e. The summed E-state index contributed by atoms with van der Waals surface area (Å²) in [5.41, 5.74) is -0.482. The molecule has 1 spiro atoms. The van der Waals surface area contributed by atoms with Crippen molar-refractivity contribution in [2.45, 2.75) is 70.0 Å². The number of carbonyl (C=O) groups excluding carboxylic acids is 1. The lowest BCUT2D eigenvalue weighted by atomic mass is 9.95. The predicted octanol–water partition coefficient (Wildman–Crippen LogP) is 4.37. The monoisotopic (exact) mass is 489 g/mol. The Kier molecular flexibility index (Phi) is 7.64. The Morgan fingerprint density at radius 3 is 2.35 bits per heavy atom. The van der Waals surface area contributed by atoms with Gasteiger partial charge in [-0.1, -0.05) is 57.3 Å². The minimum absolute atomic E-state index is 0.141. The van der Waals surface area contributed by atoms with E-state index >= 15 is 0 Å². The zero-order chi connectivity index (χ0) is 23.0. The van der Waals surface area contributed by atoms with Crippen LogP contribution >= 0.6 is 23.2 Å². The second kappa shape index (κ2) is 9.56. The van der Waals surface area contributed by atoms with Gasteiger partial charge in [-0.05, 0) is 49.3 Å². The Labute approximate surface area is 196 Å². The Morgan fingerprint density at radius 2 is 1.81 bits per heavy atom. The van der Waals surface area contributed by atoms with E-state index in [1.54, 1.807) is 0 Å². The van der Waals surface area contributed by atoms with Gasteiger partial charge in [0.25, 0.3) is 0 Å². The molecule has 2 atom stereocenters. The Balaban J connectivity index is 1.80.